The maximum absolute atomic E-state index is 5.25. The Morgan fingerprint density at radius 2 is 2.33 bits per heavy atom. The van der Waals surface area contributed by atoms with E-state index in [4.69, 9.17) is 4.42 Å². The first kappa shape index (κ1) is 14.7. The molecule has 5 heteroatoms. The molecule has 0 aromatic carbocycles. The number of hydrogen-bond acceptors (Lipinski definition) is 5. The van der Waals surface area contributed by atoms with E-state index in [-0.39, 0.29) is 0 Å². The molecule has 0 bridgehead atoms. The smallest absolute Gasteiger partial charge is 0.181 e. The molecule has 4 nitrogen and oxygen atoms in total. The van der Waals surface area contributed by atoms with E-state index < -0.39 is 0 Å². The van der Waals surface area contributed by atoms with Crippen LogP contribution in [-0.4, -0.2) is 21.5 Å². The molecule has 1 aromatic heterocycles. The highest BCUT2D eigenvalue weighted by Crippen LogP contribution is 2.10. The van der Waals surface area contributed by atoms with Crippen molar-refractivity contribution in [2.45, 2.75) is 33.6 Å². The molecule has 1 aromatic rings. The predicted octanol–water partition coefficient (Wildman–Crippen LogP) is 3.82. The topological polar surface area (TPSA) is 50.8 Å². The summed E-state index contributed by atoms with van der Waals surface area (Å²) in [6, 6.07) is 0. The summed E-state index contributed by atoms with van der Waals surface area (Å²) in [5.74, 6) is 1.72. The molecule has 0 fully saturated rings. The average molecular weight is 265 g/mol. The second-order valence-electron chi connectivity index (χ2n) is 3.80. The van der Waals surface area contributed by atoms with Gasteiger partial charge < -0.3 is 4.42 Å². The Labute approximate surface area is 112 Å². The number of aryl methyl sites for hydroxylation is 1. The largest absolute Gasteiger partial charge is 0.442 e. The number of unbranched alkanes of at least 4 members (excludes halogenated alkanes) is 1. The third kappa shape index (κ3) is 4.49. The Morgan fingerprint density at radius 3 is 2.89 bits per heavy atom. The molecule has 0 N–H and O–H groups in total. The minimum absolute atomic E-state index is 0.681. The van der Waals surface area contributed by atoms with Gasteiger partial charge in [-0.2, -0.15) is 5.10 Å². The van der Waals surface area contributed by atoms with Crippen molar-refractivity contribution in [1.82, 2.24) is 4.98 Å². The predicted molar refractivity (Wildman–Crippen MR) is 78.4 cm³/mol. The van der Waals surface area contributed by atoms with Gasteiger partial charge in [0.15, 0.2) is 12.2 Å². The molecular formula is C13H19N3OS. The molecule has 0 amide bonds. The van der Waals surface area contributed by atoms with Gasteiger partial charge >= 0.3 is 0 Å². The zero-order chi connectivity index (χ0) is 13.4. The van der Waals surface area contributed by atoms with Crippen LogP contribution in [0.4, 0.5) is 0 Å². The third-order valence-corrected chi connectivity index (χ3v) is 3.33. The Hall–Kier alpha value is -1.36. The molecule has 0 saturated heterocycles. The van der Waals surface area contributed by atoms with Crippen LogP contribution in [0.25, 0.3) is 0 Å². The van der Waals surface area contributed by atoms with Crippen molar-refractivity contribution in [3.8, 4) is 0 Å². The number of aromatic nitrogens is 1. The van der Waals surface area contributed by atoms with Gasteiger partial charge in [0.1, 0.15) is 10.8 Å². The summed E-state index contributed by atoms with van der Waals surface area (Å²) >= 11 is 1.67. The average Bonchev–Trinajstić information content (AvgIpc) is 2.79. The van der Waals surface area contributed by atoms with Crippen molar-refractivity contribution in [1.29, 1.82) is 0 Å². The number of rotatable bonds is 6. The van der Waals surface area contributed by atoms with Gasteiger partial charge in [-0.15, -0.1) is 16.9 Å². The number of hydrogen-bond donors (Lipinski definition) is 0. The first-order valence-corrected chi connectivity index (χ1v) is 6.95. The van der Waals surface area contributed by atoms with Crippen molar-refractivity contribution in [3.05, 3.63) is 30.5 Å². The van der Waals surface area contributed by atoms with Crippen LogP contribution >= 0.6 is 11.8 Å². The number of nitrogens with zero attached hydrogens (tertiary/aromatic N) is 3. The highest BCUT2D eigenvalue weighted by Gasteiger charge is 2.06. The van der Waals surface area contributed by atoms with Crippen LogP contribution in [0.15, 0.2) is 33.7 Å². The summed E-state index contributed by atoms with van der Waals surface area (Å²) in [7, 11) is 0. The Bertz CT molecular complexity index is 449. The molecule has 98 valence electrons. The summed E-state index contributed by atoms with van der Waals surface area (Å²) in [5, 5.41) is 9.16. The van der Waals surface area contributed by atoms with E-state index in [0.717, 1.165) is 22.2 Å². The lowest BCUT2D eigenvalue weighted by molar-refractivity contribution is 0.547. The summed E-state index contributed by atoms with van der Waals surface area (Å²) in [6.45, 7) is 9.64. The van der Waals surface area contributed by atoms with Crippen molar-refractivity contribution in [2.24, 2.45) is 10.2 Å². The summed E-state index contributed by atoms with van der Waals surface area (Å²) < 4.78 is 5.25. The zero-order valence-corrected chi connectivity index (χ0v) is 12.0. The van der Waals surface area contributed by atoms with Gasteiger partial charge in [-0.05, 0) is 32.1 Å². The van der Waals surface area contributed by atoms with Crippen LogP contribution in [0, 0.1) is 6.92 Å². The SMILES string of the molecule is C=C/C(=N\N=C(/C)c1ocnc1C)SCCCC. The fourth-order valence-electron chi connectivity index (χ4n) is 1.27. The van der Waals surface area contributed by atoms with E-state index in [1.165, 1.54) is 19.2 Å². The fourth-order valence-corrected chi connectivity index (χ4v) is 2.13. The molecule has 0 saturated carbocycles. The minimum Gasteiger partial charge on any atom is -0.442 e. The van der Waals surface area contributed by atoms with E-state index in [9.17, 15) is 0 Å². The van der Waals surface area contributed by atoms with Crippen LogP contribution in [0.1, 0.15) is 38.1 Å². The van der Waals surface area contributed by atoms with E-state index >= 15 is 0 Å². The van der Waals surface area contributed by atoms with Gasteiger partial charge in [0, 0.05) is 0 Å². The normalized spacial score (nSPS) is 12.8. The second-order valence-corrected chi connectivity index (χ2v) is 4.91. The van der Waals surface area contributed by atoms with E-state index in [1.54, 1.807) is 17.8 Å². The lowest BCUT2D eigenvalue weighted by Gasteiger charge is -1.98. The first-order chi connectivity index (χ1) is 8.69. The molecular weight excluding hydrogens is 246 g/mol. The molecule has 0 atom stereocenters. The van der Waals surface area contributed by atoms with Crippen molar-refractivity contribution in [3.63, 3.8) is 0 Å². The quantitative estimate of drug-likeness (QED) is 0.340. The van der Waals surface area contributed by atoms with Crippen molar-refractivity contribution in [2.75, 3.05) is 5.75 Å². The molecule has 0 aliphatic heterocycles. The summed E-state index contributed by atoms with van der Waals surface area (Å²) in [4.78, 5) is 4.02. The fraction of sp³-hybridized carbons (Fsp3) is 0.462. The summed E-state index contributed by atoms with van der Waals surface area (Å²) in [5.41, 5.74) is 1.55. The first-order valence-electron chi connectivity index (χ1n) is 5.97. The Kier molecular flexibility index (Phi) is 6.43. The van der Waals surface area contributed by atoms with Crippen LogP contribution in [0.3, 0.4) is 0 Å². The van der Waals surface area contributed by atoms with Crippen LogP contribution in [0.2, 0.25) is 0 Å². The highest BCUT2D eigenvalue weighted by molar-refractivity contribution is 8.14. The molecule has 0 aliphatic rings. The lowest BCUT2D eigenvalue weighted by atomic mass is 10.3. The molecule has 0 aliphatic carbocycles. The van der Waals surface area contributed by atoms with Gasteiger partial charge in [0.05, 0.1) is 5.69 Å². The zero-order valence-electron chi connectivity index (χ0n) is 11.1. The maximum atomic E-state index is 5.25. The van der Waals surface area contributed by atoms with Gasteiger partial charge in [-0.1, -0.05) is 19.9 Å². The minimum atomic E-state index is 0.681. The molecule has 0 unspecified atom stereocenters. The van der Waals surface area contributed by atoms with E-state index in [0.29, 0.717) is 5.76 Å². The standard InChI is InChI=1S/C13H19N3OS/c1-5-7-8-18-12(6-2)16-15-11(4)13-10(3)14-9-17-13/h6,9H,2,5,7-8H2,1,3-4H3/b15-11+,16-12+. The maximum Gasteiger partial charge on any atom is 0.181 e. The third-order valence-electron chi connectivity index (χ3n) is 2.30. The number of oxazole rings is 1. The highest BCUT2D eigenvalue weighted by atomic mass is 32.2. The van der Waals surface area contributed by atoms with Crippen molar-refractivity contribution < 1.29 is 4.42 Å². The molecule has 1 rings (SSSR count). The Morgan fingerprint density at radius 1 is 1.56 bits per heavy atom. The van der Waals surface area contributed by atoms with Crippen LogP contribution in [-0.2, 0) is 0 Å². The van der Waals surface area contributed by atoms with E-state index in [2.05, 4.69) is 28.7 Å². The van der Waals surface area contributed by atoms with Gasteiger partial charge in [-0.25, -0.2) is 4.98 Å². The van der Waals surface area contributed by atoms with Gasteiger partial charge in [0.2, 0.25) is 0 Å². The molecule has 0 spiro atoms. The van der Waals surface area contributed by atoms with Gasteiger partial charge in [0.25, 0.3) is 0 Å². The van der Waals surface area contributed by atoms with Crippen molar-refractivity contribution >= 4 is 22.5 Å². The Balaban J connectivity index is 2.69. The lowest BCUT2D eigenvalue weighted by Crippen LogP contribution is -1.95. The second kappa shape index (κ2) is 7.87. The van der Waals surface area contributed by atoms with Gasteiger partial charge in [-0.3, -0.25) is 0 Å². The number of thioether (sulfide) groups is 1. The molecule has 1 heterocycles. The van der Waals surface area contributed by atoms with Crippen LogP contribution < -0.4 is 0 Å². The summed E-state index contributed by atoms with van der Waals surface area (Å²) in [6.07, 6.45) is 5.49. The van der Waals surface area contributed by atoms with Crippen LogP contribution in [0.5, 0.6) is 0 Å². The molecule has 18 heavy (non-hydrogen) atoms. The monoisotopic (exact) mass is 265 g/mol. The molecule has 0 radical (unpaired) electrons. The van der Waals surface area contributed by atoms with E-state index in [1.807, 2.05) is 13.8 Å².